The molecule has 0 bridgehead atoms. The van der Waals surface area contributed by atoms with Crippen molar-refractivity contribution >= 4 is 89.4 Å². The quantitative estimate of drug-likeness (QED) is 0.157. The van der Waals surface area contributed by atoms with Gasteiger partial charge in [0.1, 0.15) is 11.2 Å². The standard InChI is InChI=1S/C48H39BN2O/c1-3-5-14-30-26-31(15-6-4-2)28-33(27-30)50-41-25-24-32-16-7-8-17-34(32)45(41)49-46-42(50)29-39-36-19-10-12-23-43(36)52-48(39)44(46)38-21-13-20-37-35-18-9-11-22-40(35)51(49)47(37)38/h7-13,16-29H,3-6,14-15H2,1-2H3. The van der Waals surface area contributed by atoms with Gasteiger partial charge in [0.25, 0.3) is 0 Å². The van der Waals surface area contributed by atoms with E-state index < -0.39 is 0 Å². The van der Waals surface area contributed by atoms with Gasteiger partial charge in [0.15, 0.2) is 0 Å². The van der Waals surface area contributed by atoms with Crippen LogP contribution in [0.25, 0.3) is 65.6 Å². The second-order valence-corrected chi connectivity index (χ2v) is 14.9. The summed E-state index contributed by atoms with van der Waals surface area (Å²) in [5, 5.41) is 7.49. The van der Waals surface area contributed by atoms with Crippen LogP contribution in [0.2, 0.25) is 0 Å². The topological polar surface area (TPSA) is 21.3 Å². The molecule has 9 aromatic rings. The third-order valence-electron chi connectivity index (χ3n) is 11.9. The second-order valence-electron chi connectivity index (χ2n) is 14.9. The Morgan fingerprint density at radius 3 is 2.10 bits per heavy atom. The molecular weight excluding hydrogens is 631 g/mol. The lowest BCUT2D eigenvalue weighted by atomic mass is 9.44. The van der Waals surface area contributed by atoms with Gasteiger partial charge in [-0.05, 0) is 94.9 Å². The number of aromatic nitrogens is 1. The van der Waals surface area contributed by atoms with Crippen LogP contribution in [0.3, 0.4) is 0 Å². The van der Waals surface area contributed by atoms with Crippen molar-refractivity contribution in [1.29, 1.82) is 0 Å². The summed E-state index contributed by atoms with van der Waals surface area (Å²) in [5.41, 5.74) is 16.3. The van der Waals surface area contributed by atoms with E-state index in [-0.39, 0.29) is 6.85 Å². The Bertz CT molecular complexity index is 2890. The summed E-state index contributed by atoms with van der Waals surface area (Å²) in [6.45, 7) is 4.55. The summed E-state index contributed by atoms with van der Waals surface area (Å²) in [7, 11) is 0. The molecule has 52 heavy (non-hydrogen) atoms. The first-order valence-corrected chi connectivity index (χ1v) is 19.2. The largest absolute Gasteiger partial charge is 0.455 e. The number of hydrogen-bond acceptors (Lipinski definition) is 2. The number of rotatable bonds is 7. The van der Waals surface area contributed by atoms with E-state index >= 15 is 0 Å². The van der Waals surface area contributed by atoms with E-state index in [4.69, 9.17) is 4.42 Å². The van der Waals surface area contributed by atoms with Gasteiger partial charge >= 0.3 is 6.85 Å². The highest BCUT2D eigenvalue weighted by Crippen LogP contribution is 2.49. The average Bonchev–Trinajstić information content (AvgIpc) is 3.73. The summed E-state index contributed by atoms with van der Waals surface area (Å²) in [4.78, 5) is 2.61. The second kappa shape index (κ2) is 11.4. The average molecular weight is 671 g/mol. The molecule has 2 aromatic heterocycles. The van der Waals surface area contributed by atoms with Crippen molar-refractivity contribution in [2.75, 3.05) is 4.90 Å². The lowest BCUT2D eigenvalue weighted by Crippen LogP contribution is -2.57. The molecule has 7 aromatic carbocycles. The maximum absolute atomic E-state index is 6.96. The molecule has 0 fully saturated rings. The first kappa shape index (κ1) is 29.9. The van der Waals surface area contributed by atoms with Crippen LogP contribution in [0.5, 0.6) is 0 Å². The smallest absolute Gasteiger partial charge is 0.333 e. The van der Waals surface area contributed by atoms with Gasteiger partial charge in [-0.15, -0.1) is 0 Å². The van der Waals surface area contributed by atoms with Gasteiger partial charge in [-0.2, -0.15) is 0 Å². The number of benzene rings is 7. The zero-order valence-corrected chi connectivity index (χ0v) is 29.7. The highest BCUT2D eigenvalue weighted by Gasteiger charge is 2.45. The van der Waals surface area contributed by atoms with Gasteiger partial charge in [0.05, 0.1) is 0 Å². The summed E-state index contributed by atoms with van der Waals surface area (Å²) >= 11 is 0. The number of fused-ring (bicyclic) bond motifs is 13. The van der Waals surface area contributed by atoms with Crippen molar-refractivity contribution in [1.82, 2.24) is 4.48 Å². The molecule has 11 rings (SSSR count). The zero-order valence-electron chi connectivity index (χ0n) is 29.7. The normalized spacial score (nSPS) is 13.2. The number of para-hydroxylation sites is 3. The number of anilines is 3. The minimum Gasteiger partial charge on any atom is -0.455 e. The Kier molecular flexibility index (Phi) is 6.56. The number of unbranched alkanes of at least 4 members (excludes halogenated alkanes) is 2. The summed E-state index contributed by atoms with van der Waals surface area (Å²) < 4.78 is 9.62. The fourth-order valence-electron chi connectivity index (χ4n) is 9.61. The predicted octanol–water partition coefficient (Wildman–Crippen LogP) is 11.9. The molecule has 0 spiro atoms. The lowest BCUT2D eigenvalue weighted by Gasteiger charge is -2.41. The first-order chi connectivity index (χ1) is 25.7. The minimum atomic E-state index is -0.0416. The molecule has 0 atom stereocenters. The Morgan fingerprint density at radius 1 is 0.577 bits per heavy atom. The molecule has 0 N–H and O–H groups in total. The van der Waals surface area contributed by atoms with Gasteiger partial charge in [-0.3, -0.25) is 0 Å². The monoisotopic (exact) mass is 670 g/mol. The number of aryl methyl sites for hydroxylation is 2. The van der Waals surface area contributed by atoms with Crippen molar-refractivity contribution in [2.24, 2.45) is 0 Å². The highest BCUT2D eigenvalue weighted by molar-refractivity contribution is 6.92. The Labute approximate surface area is 304 Å². The van der Waals surface area contributed by atoms with Crippen LogP contribution in [0, 0.1) is 0 Å². The third-order valence-corrected chi connectivity index (χ3v) is 11.9. The number of nitrogens with zero attached hydrogens (tertiary/aromatic N) is 2. The van der Waals surface area contributed by atoms with Crippen molar-refractivity contribution < 1.29 is 4.42 Å². The fourth-order valence-corrected chi connectivity index (χ4v) is 9.61. The summed E-state index contributed by atoms with van der Waals surface area (Å²) in [6.07, 6.45) is 6.94. The molecule has 250 valence electrons. The van der Waals surface area contributed by atoms with Crippen molar-refractivity contribution in [3.63, 3.8) is 0 Å². The summed E-state index contributed by atoms with van der Waals surface area (Å²) in [5.74, 6) is 0. The number of hydrogen-bond donors (Lipinski definition) is 0. The highest BCUT2D eigenvalue weighted by atomic mass is 16.3. The molecule has 4 heterocycles. The molecule has 3 nitrogen and oxygen atoms in total. The maximum Gasteiger partial charge on any atom is 0.333 e. The van der Waals surface area contributed by atoms with E-state index in [1.165, 1.54) is 114 Å². The van der Waals surface area contributed by atoms with Crippen LogP contribution < -0.4 is 15.8 Å². The van der Waals surface area contributed by atoms with E-state index in [9.17, 15) is 0 Å². The van der Waals surface area contributed by atoms with Crippen LogP contribution in [0.15, 0.2) is 132 Å². The summed E-state index contributed by atoms with van der Waals surface area (Å²) in [6, 6.07) is 48.0. The molecular formula is C48H39BN2O. The van der Waals surface area contributed by atoms with E-state index in [0.29, 0.717) is 0 Å². The predicted molar refractivity (Wildman–Crippen MR) is 222 cm³/mol. The van der Waals surface area contributed by atoms with E-state index in [2.05, 4.69) is 151 Å². The van der Waals surface area contributed by atoms with Gasteiger partial charge in [-0.1, -0.05) is 118 Å². The van der Waals surface area contributed by atoms with Gasteiger partial charge in [0.2, 0.25) is 0 Å². The van der Waals surface area contributed by atoms with E-state index in [0.717, 1.165) is 29.4 Å². The first-order valence-electron chi connectivity index (χ1n) is 19.2. The van der Waals surface area contributed by atoms with Gasteiger partial charge < -0.3 is 13.8 Å². The zero-order chi connectivity index (χ0) is 34.5. The van der Waals surface area contributed by atoms with Crippen LogP contribution in [0.1, 0.15) is 50.7 Å². The van der Waals surface area contributed by atoms with Crippen molar-refractivity contribution in [3.8, 4) is 11.1 Å². The molecule has 0 amide bonds. The van der Waals surface area contributed by atoms with Crippen LogP contribution in [-0.2, 0) is 12.8 Å². The molecule has 0 aliphatic carbocycles. The van der Waals surface area contributed by atoms with Crippen LogP contribution in [-0.4, -0.2) is 11.3 Å². The Morgan fingerprint density at radius 2 is 1.29 bits per heavy atom. The molecule has 4 heteroatoms. The van der Waals surface area contributed by atoms with E-state index in [1.54, 1.807) is 0 Å². The SMILES string of the molecule is CCCCc1cc(CCCC)cc(N2c3cc4c(oc5ccccc54)c4c3B(c3c2ccc2ccccc32)n2c3ccccc3c3cccc-4c32)c1. The van der Waals surface area contributed by atoms with Crippen LogP contribution >= 0.6 is 0 Å². The van der Waals surface area contributed by atoms with Crippen molar-refractivity contribution in [2.45, 2.75) is 52.4 Å². The van der Waals surface area contributed by atoms with E-state index in [1.807, 2.05) is 0 Å². The minimum absolute atomic E-state index is 0.0416. The lowest BCUT2D eigenvalue weighted by molar-refractivity contribution is 0.670. The molecule has 2 aliphatic heterocycles. The molecule has 0 saturated heterocycles. The van der Waals surface area contributed by atoms with Crippen LogP contribution in [0.4, 0.5) is 17.1 Å². The fraction of sp³-hybridized carbons (Fsp3) is 0.167. The maximum atomic E-state index is 6.96. The van der Waals surface area contributed by atoms with Gasteiger partial charge in [0, 0.05) is 60.8 Å². The number of furan rings is 1. The molecule has 0 radical (unpaired) electrons. The third kappa shape index (κ3) is 4.09. The Hall–Kier alpha value is -5.74. The molecule has 2 aliphatic rings. The molecule has 0 unspecified atom stereocenters. The molecule has 0 saturated carbocycles. The van der Waals surface area contributed by atoms with Gasteiger partial charge in [-0.25, -0.2) is 0 Å². The van der Waals surface area contributed by atoms with Crippen molar-refractivity contribution in [3.05, 3.63) is 139 Å². The Balaban J connectivity index is 1.34.